The molecule has 0 aliphatic carbocycles. The van der Waals surface area contributed by atoms with Gasteiger partial charge in [0.1, 0.15) is 5.82 Å². The molecule has 3 heterocycles. The average Bonchev–Trinajstić information content (AvgIpc) is 3.10. The predicted molar refractivity (Wildman–Crippen MR) is 121 cm³/mol. The standard InChI is InChI=1S/C24H28N4O4/c1-2-32-24(31)19-9-10-21(25-17-19)26-11-5-12-27(15-14-26)23(30)18-6-3-7-20(16-18)28-13-4-8-22(28)29/h3,6-7,9-10,16-17H,2,4-5,8,11-15H2,1H3. The minimum Gasteiger partial charge on any atom is -0.462 e. The second kappa shape index (κ2) is 9.80. The highest BCUT2D eigenvalue weighted by Gasteiger charge is 2.24. The van der Waals surface area contributed by atoms with Gasteiger partial charge in [-0.15, -0.1) is 0 Å². The molecular formula is C24H28N4O4. The highest BCUT2D eigenvalue weighted by atomic mass is 16.5. The normalized spacial score (nSPS) is 16.8. The average molecular weight is 437 g/mol. The van der Waals surface area contributed by atoms with Crippen molar-refractivity contribution in [1.29, 1.82) is 0 Å². The molecule has 0 N–H and O–H groups in total. The maximum atomic E-state index is 13.2. The number of rotatable bonds is 5. The highest BCUT2D eigenvalue weighted by Crippen LogP contribution is 2.23. The van der Waals surface area contributed by atoms with Crippen LogP contribution in [0.15, 0.2) is 42.6 Å². The van der Waals surface area contributed by atoms with Crippen molar-refractivity contribution in [2.75, 3.05) is 49.1 Å². The van der Waals surface area contributed by atoms with Crippen LogP contribution in [-0.2, 0) is 9.53 Å². The van der Waals surface area contributed by atoms with Crippen LogP contribution < -0.4 is 9.80 Å². The molecular weight excluding hydrogens is 408 g/mol. The fraction of sp³-hybridized carbons (Fsp3) is 0.417. The summed E-state index contributed by atoms with van der Waals surface area (Å²) < 4.78 is 5.00. The molecule has 0 atom stereocenters. The third-order valence-corrected chi connectivity index (χ3v) is 5.84. The van der Waals surface area contributed by atoms with Crippen LogP contribution in [0.5, 0.6) is 0 Å². The zero-order valence-electron chi connectivity index (χ0n) is 18.3. The number of nitrogens with zero attached hydrogens (tertiary/aromatic N) is 4. The summed E-state index contributed by atoms with van der Waals surface area (Å²) in [5.74, 6) is 0.492. The van der Waals surface area contributed by atoms with Crippen LogP contribution in [0.3, 0.4) is 0 Å². The maximum Gasteiger partial charge on any atom is 0.339 e. The lowest BCUT2D eigenvalue weighted by Crippen LogP contribution is -2.35. The van der Waals surface area contributed by atoms with E-state index in [0.29, 0.717) is 50.3 Å². The first-order chi connectivity index (χ1) is 15.6. The van der Waals surface area contributed by atoms with Crippen molar-refractivity contribution in [2.24, 2.45) is 0 Å². The number of ether oxygens (including phenoxy) is 1. The van der Waals surface area contributed by atoms with Gasteiger partial charge in [0, 0.05) is 56.6 Å². The van der Waals surface area contributed by atoms with E-state index in [1.165, 1.54) is 6.20 Å². The van der Waals surface area contributed by atoms with Gasteiger partial charge < -0.3 is 19.4 Å². The van der Waals surface area contributed by atoms with E-state index in [2.05, 4.69) is 9.88 Å². The van der Waals surface area contributed by atoms with Crippen LogP contribution in [0, 0.1) is 0 Å². The molecule has 2 aromatic rings. The van der Waals surface area contributed by atoms with Crippen LogP contribution in [0.2, 0.25) is 0 Å². The van der Waals surface area contributed by atoms with Crippen molar-refractivity contribution < 1.29 is 19.1 Å². The van der Waals surface area contributed by atoms with E-state index in [4.69, 9.17) is 4.74 Å². The van der Waals surface area contributed by atoms with Crippen molar-refractivity contribution in [3.05, 3.63) is 53.7 Å². The Bertz CT molecular complexity index is 992. The van der Waals surface area contributed by atoms with Crippen molar-refractivity contribution >= 4 is 29.3 Å². The molecule has 1 aromatic carbocycles. The van der Waals surface area contributed by atoms with Crippen LogP contribution in [-0.4, -0.2) is 67.0 Å². The number of aromatic nitrogens is 1. The van der Waals surface area contributed by atoms with Gasteiger partial charge in [-0.05, 0) is 50.1 Å². The third-order valence-electron chi connectivity index (χ3n) is 5.84. The van der Waals surface area contributed by atoms with E-state index < -0.39 is 0 Å². The Morgan fingerprint density at radius 1 is 1.00 bits per heavy atom. The minimum absolute atomic E-state index is 0.0223. The zero-order valence-corrected chi connectivity index (χ0v) is 18.3. The van der Waals surface area contributed by atoms with Crippen LogP contribution >= 0.6 is 0 Å². The quantitative estimate of drug-likeness (QED) is 0.671. The van der Waals surface area contributed by atoms with E-state index in [-0.39, 0.29) is 17.8 Å². The minimum atomic E-state index is -0.378. The number of carbonyl (C=O) groups excluding carboxylic acids is 3. The SMILES string of the molecule is CCOC(=O)c1ccc(N2CCCN(C(=O)c3cccc(N4CCCC4=O)c3)CC2)nc1. The number of esters is 1. The molecule has 168 valence electrons. The Morgan fingerprint density at radius 3 is 2.59 bits per heavy atom. The summed E-state index contributed by atoms with van der Waals surface area (Å²) in [4.78, 5) is 47.2. The molecule has 0 radical (unpaired) electrons. The molecule has 32 heavy (non-hydrogen) atoms. The number of benzene rings is 1. The van der Waals surface area contributed by atoms with Gasteiger partial charge in [0.2, 0.25) is 5.91 Å². The Balaban J connectivity index is 1.40. The van der Waals surface area contributed by atoms with Crippen molar-refractivity contribution in [3.8, 4) is 0 Å². The molecule has 2 aliphatic heterocycles. The topological polar surface area (TPSA) is 83.0 Å². The molecule has 4 rings (SSSR count). The molecule has 8 nitrogen and oxygen atoms in total. The lowest BCUT2D eigenvalue weighted by Gasteiger charge is -2.23. The fourth-order valence-corrected chi connectivity index (χ4v) is 4.17. The Hall–Kier alpha value is -3.42. The second-order valence-electron chi connectivity index (χ2n) is 7.96. The number of anilines is 2. The zero-order chi connectivity index (χ0) is 22.5. The Labute approximate surface area is 187 Å². The molecule has 0 bridgehead atoms. The molecule has 8 heteroatoms. The number of hydrogen-bond donors (Lipinski definition) is 0. The molecule has 2 fully saturated rings. The van der Waals surface area contributed by atoms with E-state index in [9.17, 15) is 14.4 Å². The van der Waals surface area contributed by atoms with Gasteiger partial charge in [-0.3, -0.25) is 9.59 Å². The molecule has 2 amide bonds. The molecule has 2 saturated heterocycles. The first-order valence-electron chi connectivity index (χ1n) is 11.1. The number of pyridine rings is 1. The summed E-state index contributed by atoms with van der Waals surface area (Å²) in [5.41, 5.74) is 1.83. The van der Waals surface area contributed by atoms with Gasteiger partial charge in [0.25, 0.3) is 5.91 Å². The number of carbonyl (C=O) groups is 3. The summed E-state index contributed by atoms with van der Waals surface area (Å²) in [6.45, 7) is 5.47. The summed E-state index contributed by atoms with van der Waals surface area (Å²) in [6, 6.07) is 10.9. The van der Waals surface area contributed by atoms with Crippen LogP contribution in [0.4, 0.5) is 11.5 Å². The second-order valence-corrected chi connectivity index (χ2v) is 7.96. The largest absolute Gasteiger partial charge is 0.462 e. The molecule has 1 aromatic heterocycles. The predicted octanol–water partition coefficient (Wildman–Crippen LogP) is 2.74. The van der Waals surface area contributed by atoms with Crippen LogP contribution in [0.25, 0.3) is 0 Å². The van der Waals surface area contributed by atoms with Gasteiger partial charge in [-0.25, -0.2) is 9.78 Å². The van der Waals surface area contributed by atoms with Gasteiger partial charge in [-0.2, -0.15) is 0 Å². The van der Waals surface area contributed by atoms with Gasteiger partial charge in [-0.1, -0.05) is 6.07 Å². The van der Waals surface area contributed by atoms with E-state index in [1.54, 1.807) is 17.9 Å². The van der Waals surface area contributed by atoms with Crippen molar-refractivity contribution in [1.82, 2.24) is 9.88 Å². The molecule has 2 aliphatic rings. The lowest BCUT2D eigenvalue weighted by atomic mass is 10.1. The fourth-order valence-electron chi connectivity index (χ4n) is 4.17. The lowest BCUT2D eigenvalue weighted by molar-refractivity contribution is -0.117. The molecule has 0 saturated carbocycles. The van der Waals surface area contributed by atoms with Gasteiger partial charge in [0.05, 0.1) is 12.2 Å². The van der Waals surface area contributed by atoms with E-state index >= 15 is 0 Å². The first-order valence-corrected chi connectivity index (χ1v) is 11.1. The van der Waals surface area contributed by atoms with E-state index in [0.717, 1.165) is 30.9 Å². The smallest absolute Gasteiger partial charge is 0.339 e. The number of amides is 2. The summed E-state index contributed by atoms with van der Waals surface area (Å²) >= 11 is 0. The molecule has 0 spiro atoms. The first kappa shape index (κ1) is 21.8. The van der Waals surface area contributed by atoms with E-state index in [1.807, 2.05) is 35.2 Å². The Morgan fingerprint density at radius 2 is 1.88 bits per heavy atom. The van der Waals surface area contributed by atoms with Gasteiger partial charge in [0.15, 0.2) is 0 Å². The molecule has 0 unspecified atom stereocenters. The third kappa shape index (κ3) is 4.74. The summed E-state index contributed by atoms with van der Waals surface area (Å²) in [7, 11) is 0. The summed E-state index contributed by atoms with van der Waals surface area (Å²) in [5, 5.41) is 0. The monoisotopic (exact) mass is 436 g/mol. The van der Waals surface area contributed by atoms with Crippen molar-refractivity contribution in [3.63, 3.8) is 0 Å². The Kier molecular flexibility index (Phi) is 6.68. The van der Waals surface area contributed by atoms with Crippen LogP contribution in [0.1, 0.15) is 46.9 Å². The van der Waals surface area contributed by atoms with Crippen molar-refractivity contribution in [2.45, 2.75) is 26.2 Å². The van der Waals surface area contributed by atoms with Gasteiger partial charge >= 0.3 is 5.97 Å². The highest BCUT2D eigenvalue weighted by molar-refractivity contribution is 5.99. The number of hydrogen-bond acceptors (Lipinski definition) is 6. The maximum absolute atomic E-state index is 13.2. The summed E-state index contributed by atoms with van der Waals surface area (Å²) in [6.07, 6.45) is 3.77.